The maximum absolute atomic E-state index is 10.8. The molecule has 0 aliphatic carbocycles. The van der Waals surface area contributed by atoms with E-state index in [9.17, 15) is 4.79 Å². The molecule has 0 saturated carbocycles. The van der Waals surface area contributed by atoms with E-state index in [2.05, 4.69) is 14.9 Å². The molecular weight excluding hydrogens is 260 g/mol. The molecule has 1 saturated heterocycles. The van der Waals surface area contributed by atoms with Crippen molar-refractivity contribution in [3.63, 3.8) is 0 Å². The molecule has 104 valence electrons. The standard InChI is InChI=1S/C13H14N4O3/c18-12(19)10-2-3-11(20-10)16-6-8-17(9-7-16)13-14-4-1-5-15-13/h1-5H,6-9H2,(H,18,19). The average molecular weight is 274 g/mol. The number of aromatic carboxylic acids is 1. The highest BCUT2D eigenvalue weighted by Gasteiger charge is 2.21. The van der Waals surface area contributed by atoms with Gasteiger partial charge in [0.2, 0.25) is 11.7 Å². The van der Waals surface area contributed by atoms with Gasteiger partial charge in [0.25, 0.3) is 0 Å². The lowest BCUT2D eigenvalue weighted by Gasteiger charge is -2.34. The zero-order valence-corrected chi connectivity index (χ0v) is 10.8. The van der Waals surface area contributed by atoms with Crippen molar-refractivity contribution in [2.75, 3.05) is 36.0 Å². The van der Waals surface area contributed by atoms with E-state index in [1.165, 1.54) is 6.07 Å². The third-order valence-electron chi connectivity index (χ3n) is 3.23. The van der Waals surface area contributed by atoms with Crippen LogP contribution in [0.2, 0.25) is 0 Å². The molecule has 3 rings (SSSR count). The van der Waals surface area contributed by atoms with Crippen molar-refractivity contribution in [2.24, 2.45) is 0 Å². The van der Waals surface area contributed by atoms with Crippen molar-refractivity contribution in [2.45, 2.75) is 0 Å². The van der Waals surface area contributed by atoms with Crippen molar-refractivity contribution >= 4 is 17.8 Å². The lowest BCUT2D eigenvalue weighted by molar-refractivity contribution is 0.0663. The molecule has 7 heteroatoms. The minimum absolute atomic E-state index is 0.0335. The Labute approximate surface area is 115 Å². The van der Waals surface area contributed by atoms with Gasteiger partial charge in [0.1, 0.15) is 0 Å². The van der Waals surface area contributed by atoms with Crippen molar-refractivity contribution in [1.29, 1.82) is 0 Å². The van der Waals surface area contributed by atoms with Crippen LogP contribution in [-0.2, 0) is 0 Å². The lowest BCUT2D eigenvalue weighted by atomic mass is 10.3. The second-order valence-electron chi connectivity index (χ2n) is 4.47. The predicted octanol–water partition coefficient (Wildman–Crippen LogP) is 1.09. The van der Waals surface area contributed by atoms with Crippen molar-refractivity contribution in [3.05, 3.63) is 36.4 Å². The molecule has 0 amide bonds. The molecule has 0 spiro atoms. The first-order valence-electron chi connectivity index (χ1n) is 6.34. The molecule has 20 heavy (non-hydrogen) atoms. The summed E-state index contributed by atoms with van der Waals surface area (Å²) in [5.74, 6) is 0.232. The third-order valence-corrected chi connectivity index (χ3v) is 3.23. The second kappa shape index (κ2) is 5.20. The second-order valence-corrected chi connectivity index (χ2v) is 4.47. The van der Waals surface area contributed by atoms with Gasteiger partial charge in [0.05, 0.1) is 0 Å². The topological polar surface area (TPSA) is 82.7 Å². The van der Waals surface area contributed by atoms with E-state index in [1.807, 2.05) is 4.90 Å². The summed E-state index contributed by atoms with van der Waals surface area (Å²) in [6, 6.07) is 4.96. The SMILES string of the molecule is O=C(O)c1ccc(N2CCN(c3ncccn3)CC2)o1. The van der Waals surface area contributed by atoms with Crippen LogP contribution in [0.1, 0.15) is 10.6 Å². The zero-order chi connectivity index (χ0) is 13.9. The fraction of sp³-hybridized carbons (Fsp3) is 0.308. The van der Waals surface area contributed by atoms with Gasteiger partial charge in [-0.2, -0.15) is 0 Å². The number of piperazine rings is 1. The molecule has 1 aliphatic heterocycles. The van der Waals surface area contributed by atoms with Crippen molar-refractivity contribution in [1.82, 2.24) is 9.97 Å². The van der Waals surface area contributed by atoms with Gasteiger partial charge >= 0.3 is 5.97 Å². The molecule has 0 atom stereocenters. The molecule has 1 aliphatic rings. The zero-order valence-electron chi connectivity index (χ0n) is 10.8. The van der Waals surface area contributed by atoms with Crippen LogP contribution < -0.4 is 9.80 Å². The van der Waals surface area contributed by atoms with E-state index in [4.69, 9.17) is 9.52 Å². The largest absolute Gasteiger partial charge is 0.475 e. The normalized spacial score (nSPS) is 15.4. The quantitative estimate of drug-likeness (QED) is 0.897. The van der Waals surface area contributed by atoms with Crippen LogP contribution >= 0.6 is 0 Å². The Morgan fingerprint density at radius 2 is 1.75 bits per heavy atom. The summed E-state index contributed by atoms with van der Waals surface area (Å²) in [6.07, 6.45) is 3.45. The number of furan rings is 1. The number of carbonyl (C=O) groups is 1. The predicted molar refractivity (Wildman–Crippen MR) is 72.1 cm³/mol. The first-order valence-corrected chi connectivity index (χ1v) is 6.34. The minimum atomic E-state index is -1.05. The highest BCUT2D eigenvalue weighted by atomic mass is 16.4. The summed E-state index contributed by atoms with van der Waals surface area (Å²) >= 11 is 0. The molecule has 7 nitrogen and oxygen atoms in total. The van der Waals surface area contributed by atoms with E-state index >= 15 is 0 Å². The molecule has 2 aromatic heterocycles. The smallest absolute Gasteiger partial charge is 0.371 e. The van der Waals surface area contributed by atoms with Crippen LogP contribution in [0.4, 0.5) is 11.8 Å². The Bertz CT molecular complexity index is 591. The van der Waals surface area contributed by atoms with E-state index in [-0.39, 0.29) is 5.76 Å². The number of anilines is 2. The Balaban J connectivity index is 1.65. The highest BCUT2D eigenvalue weighted by Crippen LogP contribution is 2.21. The van der Waals surface area contributed by atoms with E-state index in [0.29, 0.717) is 5.88 Å². The fourth-order valence-electron chi connectivity index (χ4n) is 2.19. The van der Waals surface area contributed by atoms with Crippen LogP contribution in [0.3, 0.4) is 0 Å². The van der Waals surface area contributed by atoms with Crippen LogP contribution in [0.5, 0.6) is 0 Å². The summed E-state index contributed by atoms with van der Waals surface area (Å²) < 4.78 is 5.30. The van der Waals surface area contributed by atoms with Crippen molar-refractivity contribution < 1.29 is 14.3 Å². The summed E-state index contributed by atoms with van der Waals surface area (Å²) in [4.78, 5) is 23.4. The minimum Gasteiger partial charge on any atom is -0.475 e. The number of aromatic nitrogens is 2. The van der Waals surface area contributed by atoms with Crippen molar-refractivity contribution in [3.8, 4) is 0 Å². The Hall–Kier alpha value is -2.57. The molecule has 0 aromatic carbocycles. The summed E-state index contributed by atoms with van der Waals surface area (Å²) in [5, 5.41) is 8.85. The summed E-state index contributed by atoms with van der Waals surface area (Å²) in [6.45, 7) is 3.02. The Kier molecular flexibility index (Phi) is 3.24. The first kappa shape index (κ1) is 12.5. The first-order chi connectivity index (χ1) is 9.74. The van der Waals surface area contributed by atoms with Gasteiger partial charge in [0.15, 0.2) is 5.88 Å². The molecule has 0 bridgehead atoms. The van der Waals surface area contributed by atoms with Gasteiger partial charge in [-0.3, -0.25) is 0 Å². The van der Waals surface area contributed by atoms with Gasteiger partial charge in [-0.05, 0) is 12.1 Å². The van der Waals surface area contributed by atoms with Gasteiger partial charge < -0.3 is 19.3 Å². The van der Waals surface area contributed by atoms with Gasteiger partial charge in [-0.25, -0.2) is 14.8 Å². The summed E-state index contributed by atoms with van der Waals surface area (Å²) in [5.41, 5.74) is 0. The average Bonchev–Trinajstić information content (AvgIpc) is 2.98. The molecule has 1 N–H and O–H groups in total. The number of hydrogen-bond acceptors (Lipinski definition) is 6. The number of hydrogen-bond donors (Lipinski definition) is 1. The van der Waals surface area contributed by atoms with E-state index in [1.54, 1.807) is 24.5 Å². The summed E-state index contributed by atoms with van der Waals surface area (Å²) in [7, 11) is 0. The fourth-order valence-corrected chi connectivity index (χ4v) is 2.19. The lowest BCUT2D eigenvalue weighted by Crippen LogP contribution is -2.47. The van der Waals surface area contributed by atoms with Crippen LogP contribution in [0, 0.1) is 0 Å². The molecule has 0 radical (unpaired) electrons. The van der Waals surface area contributed by atoms with Crippen LogP contribution in [0.15, 0.2) is 35.0 Å². The highest BCUT2D eigenvalue weighted by molar-refractivity contribution is 5.84. The molecule has 0 unspecified atom stereocenters. The Morgan fingerprint density at radius 3 is 2.35 bits per heavy atom. The van der Waals surface area contributed by atoms with Gasteiger partial charge in [-0.15, -0.1) is 0 Å². The van der Waals surface area contributed by atoms with E-state index in [0.717, 1.165) is 32.1 Å². The number of carboxylic acids is 1. The number of rotatable bonds is 3. The molecule has 2 aromatic rings. The Morgan fingerprint density at radius 1 is 1.10 bits per heavy atom. The number of nitrogens with zero attached hydrogens (tertiary/aromatic N) is 4. The molecular formula is C13H14N4O3. The molecule has 1 fully saturated rings. The monoisotopic (exact) mass is 274 g/mol. The number of carboxylic acid groups (broad SMARTS) is 1. The van der Waals surface area contributed by atoms with Crippen LogP contribution in [-0.4, -0.2) is 47.2 Å². The molecule has 3 heterocycles. The van der Waals surface area contributed by atoms with Gasteiger partial charge in [0, 0.05) is 44.6 Å². The van der Waals surface area contributed by atoms with Gasteiger partial charge in [-0.1, -0.05) is 0 Å². The third kappa shape index (κ3) is 2.42. The van der Waals surface area contributed by atoms with E-state index < -0.39 is 5.97 Å². The van der Waals surface area contributed by atoms with Crippen LogP contribution in [0.25, 0.3) is 0 Å². The maximum Gasteiger partial charge on any atom is 0.371 e. The maximum atomic E-state index is 10.8.